The van der Waals surface area contributed by atoms with Gasteiger partial charge in [0.25, 0.3) is 5.91 Å². The molecule has 0 saturated heterocycles. The quantitative estimate of drug-likeness (QED) is 0.537. The fourth-order valence-electron chi connectivity index (χ4n) is 2.38. The Morgan fingerprint density at radius 3 is 2.61 bits per heavy atom. The number of nitrogens with one attached hydrogen (secondary N) is 1. The van der Waals surface area contributed by atoms with Crippen LogP contribution in [0.4, 0.5) is 5.69 Å². The Morgan fingerprint density at radius 1 is 1.18 bits per heavy atom. The van der Waals surface area contributed by atoms with Gasteiger partial charge in [0.05, 0.1) is 6.61 Å². The van der Waals surface area contributed by atoms with Gasteiger partial charge in [-0.15, -0.1) is 0 Å². The van der Waals surface area contributed by atoms with Gasteiger partial charge in [0, 0.05) is 5.69 Å². The molecule has 0 aromatic heterocycles. The molecule has 0 fully saturated rings. The molecule has 0 bridgehead atoms. The summed E-state index contributed by atoms with van der Waals surface area (Å²) in [6.07, 6.45) is 1.43. The van der Waals surface area contributed by atoms with Crippen LogP contribution in [0.5, 0.6) is 11.5 Å². The number of anilines is 1. The minimum Gasteiger partial charge on any atom is -0.490 e. The van der Waals surface area contributed by atoms with Gasteiger partial charge in [-0.25, -0.2) is 4.79 Å². The van der Waals surface area contributed by atoms with E-state index < -0.39 is 18.5 Å². The maximum Gasteiger partial charge on any atom is 0.341 e. The highest BCUT2D eigenvalue weighted by atomic mass is 16.5. The van der Waals surface area contributed by atoms with E-state index in [2.05, 4.69) is 5.32 Å². The Hall–Kier alpha value is -3.79. The zero-order valence-corrected chi connectivity index (χ0v) is 15.6. The summed E-state index contributed by atoms with van der Waals surface area (Å²) in [5, 5.41) is 20.8. The lowest BCUT2D eigenvalue weighted by molar-refractivity contribution is -0.139. The zero-order chi connectivity index (χ0) is 20.5. The molecule has 0 radical (unpaired) electrons. The molecule has 2 N–H and O–H groups in total. The Morgan fingerprint density at radius 2 is 1.96 bits per heavy atom. The number of amides is 1. The van der Waals surface area contributed by atoms with Gasteiger partial charge in [0.2, 0.25) is 0 Å². The zero-order valence-electron chi connectivity index (χ0n) is 15.6. The first-order valence-electron chi connectivity index (χ1n) is 8.54. The molecular formula is C21H20N2O5. The van der Waals surface area contributed by atoms with Crippen LogP contribution in [0.3, 0.4) is 0 Å². The minimum absolute atomic E-state index is 0.0804. The Bertz CT molecular complexity index is 944. The summed E-state index contributed by atoms with van der Waals surface area (Å²) in [5.41, 5.74) is 2.04. The summed E-state index contributed by atoms with van der Waals surface area (Å²) in [5.74, 6) is -1.04. The average Bonchev–Trinajstić information content (AvgIpc) is 2.65. The second kappa shape index (κ2) is 9.78. The molecule has 0 unspecified atom stereocenters. The van der Waals surface area contributed by atoms with E-state index in [0.29, 0.717) is 23.6 Å². The van der Waals surface area contributed by atoms with Crippen LogP contribution in [0.25, 0.3) is 6.08 Å². The number of carbonyl (C=O) groups is 2. The third-order valence-electron chi connectivity index (χ3n) is 3.57. The number of aliphatic carboxylic acids is 1. The fourth-order valence-corrected chi connectivity index (χ4v) is 2.38. The molecule has 0 saturated carbocycles. The lowest BCUT2D eigenvalue weighted by Crippen LogP contribution is -2.13. The number of carbonyl (C=O) groups excluding carboxylic acids is 1. The fraction of sp³-hybridized carbons (Fsp3) is 0.190. The van der Waals surface area contributed by atoms with E-state index in [4.69, 9.17) is 14.6 Å². The molecule has 7 heteroatoms. The second-order valence-corrected chi connectivity index (χ2v) is 5.82. The van der Waals surface area contributed by atoms with Crippen LogP contribution >= 0.6 is 0 Å². The molecule has 0 aliphatic carbocycles. The molecule has 2 rings (SSSR count). The number of hydrogen-bond acceptors (Lipinski definition) is 5. The summed E-state index contributed by atoms with van der Waals surface area (Å²) in [6.45, 7) is 3.52. The standard InChI is InChI=1S/C21H20N2O5/c1-3-27-19-11-15(7-8-18(19)28-13-20(24)25)10-16(12-22)21(26)23-17-6-4-5-14(2)9-17/h4-11H,3,13H2,1-2H3,(H,23,26)(H,24,25). The van der Waals surface area contributed by atoms with Gasteiger partial charge < -0.3 is 19.9 Å². The van der Waals surface area contributed by atoms with Crippen LogP contribution < -0.4 is 14.8 Å². The number of carboxylic acid groups (broad SMARTS) is 1. The molecule has 2 aromatic carbocycles. The molecule has 0 aliphatic heterocycles. The normalized spacial score (nSPS) is 10.7. The van der Waals surface area contributed by atoms with E-state index in [0.717, 1.165) is 5.56 Å². The summed E-state index contributed by atoms with van der Waals surface area (Å²) < 4.78 is 10.6. The number of nitrogens with zero attached hydrogens (tertiary/aromatic N) is 1. The van der Waals surface area contributed by atoms with E-state index in [-0.39, 0.29) is 11.3 Å². The van der Waals surface area contributed by atoms with Crippen molar-refractivity contribution in [3.8, 4) is 17.6 Å². The number of aryl methyl sites for hydroxylation is 1. The smallest absolute Gasteiger partial charge is 0.341 e. The van der Waals surface area contributed by atoms with E-state index in [1.54, 1.807) is 31.2 Å². The Balaban J connectivity index is 2.24. The van der Waals surface area contributed by atoms with E-state index >= 15 is 0 Å². The van der Waals surface area contributed by atoms with Gasteiger partial charge >= 0.3 is 5.97 Å². The number of nitriles is 1. The molecular weight excluding hydrogens is 360 g/mol. The maximum atomic E-state index is 12.4. The topological polar surface area (TPSA) is 109 Å². The van der Waals surface area contributed by atoms with E-state index in [1.165, 1.54) is 12.1 Å². The predicted molar refractivity (Wildman–Crippen MR) is 104 cm³/mol. The van der Waals surface area contributed by atoms with Crippen molar-refractivity contribution >= 4 is 23.6 Å². The third-order valence-corrected chi connectivity index (χ3v) is 3.57. The molecule has 0 aliphatic rings. The third kappa shape index (κ3) is 5.88. The Kier molecular flexibility index (Phi) is 7.17. The van der Waals surface area contributed by atoms with Crippen LogP contribution in [-0.2, 0) is 9.59 Å². The highest BCUT2D eigenvalue weighted by molar-refractivity contribution is 6.09. The summed E-state index contributed by atoms with van der Waals surface area (Å²) in [6, 6.07) is 13.9. The summed E-state index contributed by atoms with van der Waals surface area (Å²) >= 11 is 0. The first-order chi connectivity index (χ1) is 13.4. The lowest BCUT2D eigenvalue weighted by Gasteiger charge is -2.11. The highest BCUT2D eigenvalue weighted by Crippen LogP contribution is 2.29. The van der Waals surface area contributed by atoms with Gasteiger partial charge in [0.1, 0.15) is 11.6 Å². The first-order valence-corrected chi connectivity index (χ1v) is 8.54. The highest BCUT2D eigenvalue weighted by Gasteiger charge is 2.12. The van der Waals surface area contributed by atoms with Gasteiger partial charge in [-0.2, -0.15) is 5.26 Å². The van der Waals surface area contributed by atoms with Gasteiger partial charge in [-0.3, -0.25) is 4.79 Å². The summed E-state index contributed by atoms with van der Waals surface area (Å²) in [7, 11) is 0. The van der Waals surface area contributed by atoms with Crippen molar-refractivity contribution in [1.82, 2.24) is 0 Å². The number of ether oxygens (including phenoxy) is 2. The lowest BCUT2D eigenvalue weighted by atomic mass is 10.1. The maximum absolute atomic E-state index is 12.4. The van der Waals surface area contributed by atoms with Gasteiger partial charge in [-0.05, 0) is 55.3 Å². The second-order valence-electron chi connectivity index (χ2n) is 5.82. The van der Waals surface area contributed by atoms with Crippen LogP contribution in [0.1, 0.15) is 18.1 Å². The van der Waals surface area contributed by atoms with Crippen LogP contribution in [0, 0.1) is 18.3 Å². The number of carboxylic acids is 1. The monoisotopic (exact) mass is 380 g/mol. The van der Waals surface area contributed by atoms with Crippen molar-refractivity contribution in [2.75, 3.05) is 18.5 Å². The number of rotatable bonds is 8. The summed E-state index contributed by atoms with van der Waals surface area (Å²) in [4.78, 5) is 23.1. The van der Waals surface area contributed by atoms with Crippen LogP contribution in [-0.4, -0.2) is 30.2 Å². The molecule has 1 amide bonds. The molecule has 144 valence electrons. The van der Waals surface area contributed by atoms with Crippen LogP contribution in [0.2, 0.25) is 0 Å². The number of hydrogen-bond donors (Lipinski definition) is 2. The molecule has 0 spiro atoms. The molecule has 2 aromatic rings. The average molecular weight is 380 g/mol. The molecule has 0 atom stereocenters. The van der Waals surface area contributed by atoms with Gasteiger partial charge in [-0.1, -0.05) is 18.2 Å². The van der Waals surface area contributed by atoms with E-state index in [9.17, 15) is 14.9 Å². The van der Waals surface area contributed by atoms with Crippen molar-refractivity contribution in [3.05, 3.63) is 59.2 Å². The van der Waals surface area contributed by atoms with Crippen molar-refractivity contribution in [2.45, 2.75) is 13.8 Å². The van der Waals surface area contributed by atoms with Crippen molar-refractivity contribution < 1.29 is 24.2 Å². The van der Waals surface area contributed by atoms with Crippen molar-refractivity contribution in [3.63, 3.8) is 0 Å². The van der Waals surface area contributed by atoms with E-state index in [1.807, 2.05) is 25.1 Å². The number of benzene rings is 2. The van der Waals surface area contributed by atoms with Gasteiger partial charge in [0.15, 0.2) is 18.1 Å². The first kappa shape index (κ1) is 20.5. The Labute approximate surface area is 162 Å². The van der Waals surface area contributed by atoms with Crippen molar-refractivity contribution in [2.24, 2.45) is 0 Å². The molecule has 7 nitrogen and oxygen atoms in total. The minimum atomic E-state index is -1.11. The van der Waals surface area contributed by atoms with Crippen molar-refractivity contribution in [1.29, 1.82) is 5.26 Å². The largest absolute Gasteiger partial charge is 0.490 e. The predicted octanol–water partition coefficient (Wildman–Crippen LogP) is 3.40. The van der Waals surface area contributed by atoms with Crippen LogP contribution in [0.15, 0.2) is 48.0 Å². The molecule has 28 heavy (non-hydrogen) atoms. The SMILES string of the molecule is CCOc1cc(C=C(C#N)C(=O)Nc2cccc(C)c2)ccc1OCC(=O)O. The molecule has 0 heterocycles.